The molecule has 2 N–H and O–H groups in total. The summed E-state index contributed by atoms with van der Waals surface area (Å²) in [7, 11) is 0. The molecule has 122 valence electrons. The normalized spacial score (nSPS) is 12.0. The van der Waals surface area contributed by atoms with Crippen molar-refractivity contribution in [1.82, 2.24) is 15.3 Å². The zero-order valence-electron chi connectivity index (χ0n) is 12.6. The van der Waals surface area contributed by atoms with Crippen LogP contribution in [-0.4, -0.2) is 22.4 Å². The van der Waals surface area contributed by atoms with E-state index in [1.807, 2.05) is 6.92 Å². The van der Waals surface area contributed by atoms with Gasteiger partial charge in [-0.05, 0) is 24.0 Å². The first-order valence-corrected chi connectivity index (χ1v) is 7.27. The molecule has 0 aliphatic rings. The van der Waals surface area contributed by atoms with Gasteiger partial charge in [-0.1, -0.05) is 19.4 Å². The first-order chi connectivity index (χ1) is 11.0. The van der Waals surface area contributed by atoms with Gasteiger partial charge in [0.15, 0.2) is 5.82 Å². The third kappa shape index (κ3) is 4.70. The highest BCUT2D eigenvalue weighted by Crippen LogP contribution is 2.16. The van der Waals surface area contributed by atoms with Crippen LogP contribution in [0, 0.1) is 17.6 Å². The molecule has 1 amide bonds. The Labute approximate surface area is 131 Å². The smallest absolute Gasteiger partial charge is 0.287 e. The van der Waals surface area contributed by atoms with Crippen molar-refractivity contribution in [3.05, 3.63) is 63.8 Å². The Kier molecular flexibility index (Phi) is 5.56. The van der Waals surface area contributed by atoms with Crippen LogP contribution in [0.15, 0.2) is 35.3 Å². The summed E-state index contributed by atoms with van der Waals surface area (Å²) in [5.41, 5.74) is -0.00989. The molecule has 0 aliphatic carbocycles. The number of nitrogens with one attached hydrogen (secondary N) is 2. The molecule has 2 aromatic rings. The maximum atomic E-state index is 13.7. The number of amides is 1. The van der Waals surface area contributed by atoms with Crippen molar-refractivity contribution < 1.29 is 13.6 Å². The van der Waals surface area contributed by atoms with Crippen molar-refractivity contribution in [2.45, 2.75) is 19.8 Å². The van der Waals surface area contributed by atoms with Crippen LogP contribution in [0.2, 0.25) is 0 Å². The maximum Gasteiger partial charge on any atom is 0.287 e. The van der Waals surface area contributed by atoms with Crippen LogP contribution in [-0.2, 0) is 6.42 Å². The number of aromatic amines is 1. The zero-order valence-corrected chi connectivity index (χ0v) is 12.6. The predicted octanol–water partition coefficient (Wildman–Crippen LogP) is 2.05. The molecule has 1 aromatic heterocycles. The lowest BCUT2D eigenvalue weighted by atomic mass is 9.96. The van der Waals surface area contributed by atoms with Crippen LogP contribution in [0.25, 0.3) is 0 Å². The van der Waals surface area contributed by atoms with Crippen LogP contribution < -0.4 is 10.9 Å². The molecule has 0 bridgehead atoms. The van der Waals surface area contributed by atoms with E-state index in [9.17, 15) is 18.4 Å². The molecule has 7 heteroatoms. The number of hydrogen-bond donors (Lipinski definition) is 2. The van der Waals surface area contributed by atoms with E-state index in [2.05, 4.69) is 15.3 Å². The lowest BCUT2D eigenvalue weighted by Gasteiger charge is -2.16. The molecule has 0 aliphatic heterocycles. The van der Waals surface area contributed by atoms with Gasteiger partial charge >= 0.3 is 0 Å². The number of carbonyl (C=O) groups excluding carboxylic acids is 1. The van der Waals surface area contributed by atoms with Gasteiger partial charge in [-0.25, -0.2) is 13.8 Å². The van der Waals surface area contributed by atoms with Crippen molar-refractivity contribution in [3.8, 4) is 0 Å². The molecule has 1 atom stereocenters. The van der Waals surface area contributed by atoms with E-state index in [0.29, 0.717) is 24.9 Å². The largest absolute Gasteiger partial charge is 0.349 e. The Hall–Kier alpha value is -2.57. The van der Waals surface area contributed by atoms with Gasteiger partial charge in [0, 0.05) is 24.9 Å². The summed E-state index contributed by atoms with van der Waals surface area (Å²) in [4.78, 5) is 29.2. The summed E-state index contributed by atoms with van der Waals surface area (Å²) in [6.45, 7) is 2.21. The fourth-order valence-electron chi connectivity index (χ4n) is 2.17. The number of nitrogens with zero attached hydrogens (tertiary/aromatic N) is 1. The summed E-state index contributed by atoms with van der Waals surface area (Å²) < 4.78 is 26.6. The van der Waals surface area contributed by atoms with Crippen LogP contribution in [0.5, 0.6) is 0 Å². The SMILES string of the molecule is CCC(CNC(=O)c1nccc(=O)[nH]1)Cc1ccc(F)cc1F. The number of rotatable bonds is 6. The van der Waals surface area contributed by atoms with E-state index in [4.69, 9.17) is 0 Å². The Morgan fingerprint density at radius 1 is 1.35 bits per heavy atom. The fraction of sp³-hybridized carbons (Fsp3) is 0.312. The number of hydrogen-bond acceptors (Lipinski definition) is 3. The van der Waals surface area contributed by atoms with Gasteiger partial charge in [0.1, 0.15) is 11.6 Å². The van der Waals surface area contributed by atoms with Gasteiger partial charge in [-0.15, -0.1) is 0 Å². The molecule has 0 radical (unpaired) electrons. The minimum atomic E-state index is -0.619. The molecule has 0 fully saturated rings. The van der Waals surface area contributed by atoms with Crippen LogP contribution in [0.4, 0.5) is 8.78 Å². The van der Waals surface area contributed by atoms with Gasteiger partial charge < -0.3 is 10.3 Å². The van der Waals surface area contributed by atoms with Gasteiger partial charge in [-0.2, -0.15) is 0 Å². The van der Waals surface area contributed by atoms with Crippen LogP contribution in [0.3, 0.4) is 0 Å². The van der Waals surface area contributed by atoms with Crippen molar-refractivity contribution in [2.75, 3.05) is 6.54 Å². The minimum Gasteiger partial charge on any atom is -0.349 e. The third-order valence-corrected chi connectivity index (χ3v) is 3.54. The molecule has 23 heavy (non-hydrogen) atoms. The molecule has 5 nitrogen and oxygen atoms in total. The van der Waals surface area contributed by atoms with E-state index in [-0.39, 0.29) is 11.7 Å². The molecular weight excluding hydrogens is 304 g/mol. The van der Waals surface area contributed by atoms with E-state index in [1.54, 1.807) is 0 Å². The first-order valence-electron chi connectivity index (χ1n) is 7.27. The van der Waals surface area contributed by atoms with E-state index < -0.39 is 23.1 Å². The summed E-state index contributed by atoms with van der Waals surface area (Å²) in [5, 5.41) is 2.66. The van der Waals surface area contributed by atoms with Gasteiger partial charge in [0.25, 0.3) is 11.5 Å². The molecule has 1 heterocycles. The van der Waals surface area contributed by atoms with Crippen molar-refractivity contribution in [1.29, 1.82) is 0 Å². The summed E-state index contributed by atoms with van der Waals surface area (Å²) >= 11 is 0. The van der Waals surface area contributed by atoms with Gasteiger partial charge in [0.05, 0.1) is 0 Å². The van der Waals surface area contributed by atoms with Crippen LogP contribution >= 0.6 is 0 Å². The standard InChI is InChI=1S/C16H17F2N3O2/c1-2-10(7-11-3-4-12(17)8-13(11)18)9-20-16(23)15-19-6-5-14(22)21-15/h3-6,8,10H,2,7,9H2,1H3,(H,20,23)(H,19,21,22). The van der Waals surface area contributed by atoms with Crippen molar-refractivity contribution in [2.24, 2.45) is 5.92 Å². The number of benzene rings is 1. The molecular formula is C16H17F2N3O2. The topological polar surface area (TPSA) is 74.8 Å². The molecule has 2 rings (SSSR count). The molecule has 1 unspecified atom stereocenters. The summed E-state index contributed by atoms with van der Waals surface area (Å²) in [6.07, 6.45) is 2.33. The lowest BCUT2D eigenvalue weighted by Crippen LogP contribution is -2.32. The van der Waals surface area contributed by atoms with Gasteiger partial charge in [0.2, 0.25) is 0 Å². The Morgan fingerprint density at radius 3 is 2.78 bits per heavy atom. The number of halogens is 2. The minimum absolute atomic E-state index is 0.0191. The Morgan fingerprint density at radius 2 is 2.13 bits per heavy atom. The highest BCUT2D eigenvalue weighted by molar-refractivity contribution is 5.90. The van der Waals surface area contributed by atoms with Gasteiger partial charge in [-0.3, -0.25) is 9.59 Å². The Bertz CT molecular complexity index is 746. The second kappa shape index (κ2) is 7.62. The molecule has 0 saturated carbocycles. The molecule has 0 spiro atoms. The average molecular weight is 321 g/mol. The second-order valence-electron chi connectivity index (χ2n) is 5.21. The van der Waals surface area contributed by atoms with E-state index in [1.165, 1.54) is 24.4 Å². The highest BCUT2D eigenvalue weighted by Gasteiger charge is 2.14. The highest BCUT2D eigenvalue weighted by atomic mass is 19.1. The third-order valence-electron chi connectivity index (χ3n) is 3.54. The molecule has 0 saturated heterocycles. The number of aromatic nitrogens is 2. The summed E-state index contributed by atoms with van der Waals surface area (Å²) in [6, 6.07) is 4.68. The zero-order chi connectivity index (χ0) is 16.8. The van der Waals surface area contributed by atoms with E-state index in [0.717, 1.165) is 6.07 Å². The van der Waals surface area contributed by atoms with Crippen molar-refractivity contribution >= 4 is 5.91 Å². The fourth-order valence-corrected chi connectivity index (χ4v) is 2.17. The average Bonchev–Trinajstić information content (AvgIpc) is 2.53. The maximum absolute atomic E-state index is 13.7. The first kappa shape index (κ1) is 16.8. The second-order valence-corrected chi connectivity index (χ2v) is 5.21. The monoisotopic (exact) mass is 321 g/mol. The van der Waals surface area contributed by atoms with Crippen molar-refractivity contribution in [3.63, 3.8) is 0 Å². The molecule has 1 aromatic carbocycles. The number of H-pyrrole nitrogens is 1. The predicted molar refractivity (Wildman–Crippen MR) is 81.0 cm³/mol. The van der Waals surface area contributed by atoms with E-state index >= 15 is 0 Å². The lowest BCUT2D eigenvalue weighted by molar-refractivity contribution is 0.0936. The quantitative estimate of drug-likeness (QED) is 0.855. The number of carbonyl (C=O) groups is 1. The van der Waals surface area contributed by atoms with Crippen LogP contribution in [0.1, 0.15) is 29.5 Å². The summed E-state index contributed by atoms with van der Waals surface area (Å²) in [5.74, 6) is -1.80. The Balaban J connectivity index is 1.97.